The molecule has 2 rings (SSSR count). The number of fused-ring (bicyclic) bond motifs is 1. The lowest BCUT2D eigenvalue weighted by Gasteiger charge is -2.23. The zero-order valence-electron chi connectivity index (χ0n) is 10.6. The van der Waals surface area contributed by atoms with Gasteiger partial charge in [0, 0.05) is 12.5 Å². The summed E-state index contributed by atoms with van der Waals surface area (Å²) in [4.78, 5) is 12.1. The van der Waals surface area contributed by atoms with Crippen LogP contribution in [-0.4, -0.2) is 16.9 Å². The Morgan fingerprint density at radius 3 is 2.83 bits per heavy atom. The van der Waals surface area contributed by atoms with Gasteiger partial charge in [-0.3, -0.25) is 4.79 Å². The zero-order chi connectivity index (χ0) is 12.8. The van der Waals surface area contributed by atoms with Crippen molar-refractivity contribution >= 4 is 28.5 Å². The predicted molar refractivity (Wildman–Crippen MR) is 83.1 cm³/mol. The minimum atomic E-state index is 0.180. The van der Waals surface area contributed by atoms with Crippen LogP contribution < -0.4 is 5.32 Å². The summed E-state index contributed by atoms with van der Waals surface area (Å²) in [5.74, 6) is 0.428. The van der Waals surface area contributed by atoms with Crippen molar-refractivity contribution in [3.8, 4) is 0 Å². The van der Waals surface area contributed by atoms with Gasteiger partial charge in [-0.25, -0.2) is 0 Å². The highest BCUT2D eigenvalue weighted by Crippen LogP contribution is 2.25. The average molecular weight is 357 g/mol. The Morgan fingerprint density at radius 2 is 2.06 bits per heavy atom. The van der Waals surface area contributed by atoms with E-state index in [4.69, 9.17) is 0 Å². The molecule has 0 fully saturated rings. The van der Waals surface area contributed by atoms with E-state index in [1.165, 1.54) is 22.0 Å². The zero-order valence-corrected chi connectivity index (χ0v) is 12.8. The molecule has 3 heteroatoms. The van der Waals surface area contributed by atoms with Crippen LogP contribution in [0.25, 0.3) is 0 Å². The van der Waals surface area contributed by atoms with Crippen LogP contribution in [0.2, 0.25) is 0 Å². The number of unbranched alkanes of at least 4 members (excludes halogenated alkanes) is 1. The van der Waals surface area contributed by atoms with Gasteiger partial charge < -0.3 is 5.32 Å². The van der Waals surface area contributed by atoms with Crippen LogP contribution >= 0.6 is 22.6 Å². The molecule has 1 N–H and O–H groups in total. The predicted octanol–water partition coefficient (Wildman–Crippen LogP) is 3.12. The first-order valence-electron chi connectivity index (χ1n) is 6.71. The van der Waals surface area contributed by atoms with Gasteiger partial charge in [0.15, 0.2) is 0 Å². The van der Waals surface area contributed by atoms with Gasteiger partial charge in [-0.2, -0.15) is 0 Å². The molecule has 1 atom stereocenters. The summed E-state index contributed by atoms with van der Waals surface area (Å²) >= 11 is 2.38. The molecule has 1 aromatic carbocycles. The molecule has 1 aromatic rings. The van der Waals surface area contributed by atoms with Crippen LogP contribution in [0.15, 0.2) is 24.3 Å². The first-order chi connectivity index (χ1) is 8.81. The number of hydrogen-bond acceptors (Lipinski definition) is 1. The van der Waals surface area contributed by atoms with Crippen molar-refractivity contribution in [2.24, 2.45) is 5.92 Å². The van der Waals surface area contributed by atoms with Crippen LogP contribution in [-0.2, 0) is 17.6 Å². The fourth-order valence-corrected chi connectivity index (χ4v) is 3.04. The van der Waals surface area contributed by atoms with Gasteiger partial charge >= 0.3 is 0 Å². The minimum Gasteiger partial charge on any atom is -0.356 e. The van der Waals surface area contributed by atoms with E-state index >= 15 is 0 Å². The Morgan fingerprint density at radius 1 is 1.28 bits per heavy atom. The van der Waals surface area contributed by atoms with E-state index in [0.717, 1.165) is 32.2 Å². The third-order valence-corrected chi connectivity index (χ3v) is 4.34. The second kappa shape index (κ2) is 7.12. The molecule has 0 aromatic heterocycles. The lowest BCUT2D eigenvalue weighted by atomic mass is 9.83. The molecule has 18 heavy (non-hydrogen) atoms. The van der Waals surface area contributed by atoms with Gasteiger partial charge in [-0.05, 0) is 47.7 Å². The Kier molecular flexibility index (Phi) is 5.47. The number of halogens is 1. The van der Waals surface area contributed by atoms with Crippen molar-refractivity contribution in [3.05, 3.63) is 35.4 Å². The number of alkyl halides is 1. The van der Waals surface area contributed by atoms with E-state index in [2.05, 4.69) is 52.2 Å². The Bertz CT molecular complexity index is 405. The Labute approximate surface area is 123 Å². The van der Waals surface area contributed by atoms with Crippen LogP contribution in [0, 0.1) is 5.92 Å². The molecular formula is C15H20INO. The van der Waals surface area contributed by atoms with Gasteiger partial charge in [0.05, 0.1) is 0 Å². The van der Waals surface area contributed by atoms with Crippen molar-refractivity contribution in [1.82, 2.24) is 5.32 Å². The summed E-state index contributed by atoms with van der Waals surface area (Å²) in [7, 11) is 0. The first-order valence-corrected chi connectivity index (χ1v) is 8.24. The summed E-state index contributed by atoms with van der Waals surface area (Å²) in [5, 5.41) is 3.08. The SMILES string of the molecule is O=C(NCCCCI)C1CCc2ccccc2C1. The molecule has 0 radical (unpaired) electrons. The fraction of sp³-hybridized carbons (Fsp3) is 0.533. The van der Waals surface area contributed by atoms with Crippen molar-refractivity contribution in [2.45, 2.75) is 32.1 Å². The van der Waals surface area contributed by atoms with Crippen molar-refractivity contribution in [3.63, 3.8) is 0 Å². The number of aryl methyl sites for hydroxylation is 1. The highest BCUT2D eigenvalue weighted by Gasteiger charge is 2.23. The van der Waals surface area contributed by atoms with Crippen LogP contribution in [0.3, 0.4) is 0 Å². The molecule has 0 spiro atoms. The molecule has 0 bridgehead atoms. The molecule has 1 amide bonds. The Hall–Kier alpha value is -0.580. The third-order valence-electron chi connectivity index (χ3n) is 3.58. The lowest BCUT2D eigenvalue weighted by molar-refractivity contribution is -0.125. The van der Waals surface area contributed by atoms with Gasteiger partial charge in [0.2, 0.25) is 5.91 Å². The number of rotatable bonds is 5. The molecular weight excluding hydrogens is 337 g/mol. The molecule has 0 saturated heterocycles. The number of carbonyl (C=O) groups excluding carboxylic acids is 1. The number of hydrogen-bond donors (Lipinski definition) is 1. The molecule has 1 aliphatic carbocycles. The fourth-order valence-electron chi connectivity index (χ4n) is 2.50. The maximum absolute atomic E-state index is 12.1. The molecule has 1 unspecified atom stereocenters. The maximum Gasteiger partial charge on any atom is 0.223 e. The molecule has 0 saturated carbocycles. The van der Waals surface area contributed by atoms with E-state index < -0.39 is 0 Å². The molecule has 1 aliphatic rings. The summed E-state index contributed by atoms with van der Waals surface area (Å²) in [5.41, 5.74) is 2.78. The molecule has 0 heterocycles. The van der Waals surface area contributed by atoms with Gasteiger partial charge in [-0.15, -0.1) is 0 Å². The van der Waals surface area contributed by atoms with Crippen LogP contribution in [0.1, 0.15) is 30.4 Å². The standard InChI is InChI=1S/C15H20INO/c16-9-3-4-10-17-15(18)14-8-7-12-5-1-2-6-13(12)11-14/h1-2,5-6,14H,3-4,7-11H2,(H,17,18). The number of benzene rings is 1. The topological polar surface area (TPSA) is 29.1 Å². The minimum absolute atomic E-state index is 0.180. The van der Waals surface area contributed by atoms with E-state index in [0.29, 0.717) is 0 Å². The third kappa shape index (κ3) is 3.70. The van der Waals surface area contributed by atoms with Crippen molar-refractivity contribution < 1.29 is 4.79 Å². The van der Waals surface area contributed by atoms with E-state index in [-0.39, 0.29) is 11.8 Å². The number of nitrogens with one attached hydrogen (secondary N) is 1. The molecule has 2 nitrogen and oxygen atoms in total. The number of amides is 1. The smallest absolute Gasteiger partial charge is 0.223 e. The van der Waals surface area contributed by atoms with Gasteiger partial charge in [-0.1, -0.05) is 46.9 Å². The summed E-state index contributed by atoms with van der Waals surface area (Å²) < 4.78 is 1.17. The first kappa shape index (κ1) is 13.8. The number of carbonyl (C=O) groups is 1. The van der Waals surface area contributed by atoms with Crippen LogP contribution in [0.4, 0.5) is 0 Å². The largest absolute Gasteiger partial charge is 0.356 e. The van der Waals surface area contributed by atoms with Gasteiger partial charge in [0.1, 0.15) is 0 Å². The molecule has 98 valence electrons. The van der Waals surface area contributed by atoms with Crippen molar-refractivity contribution in [2.75, 3.05) is 11.0 Å². The second-order valence-electron chi connectivity index (χ2n) is 4.90. The summed E-state index contributed by atoms with van der Waals surface area (Å²) in [6, 6.07) is 8.50. The van der Waals surface area contributed by atoms with E-state index in [1.807, 2.05) is 0 Å². The Balaban J connectivity index is 1.83. The summed E-state index contributed by atoms with van der Waals surface area (Å²) in [6.45, 7) is 0.833. The average Bonchev–Trinajstić information content (AvgIpc) is 2.43. The quantitative estimate of drug-likeness (QED) is 0.490. The van der Waals surface area contributed by atoms with E-state index in [1.54, 1.807) is 0 Å². The second-order valence-corrected chi connectivity index (χ2v) is 5.97. The monoisotopic (exact) mass is 357 g/mol. The highest BCUT2D eigenvalue weighted by molar-refractivity contribution is 14.1. The highest BCUT2D eigenvalue weighted by atomic mass is 127. The molecule has 0 aliphatic heterocycles. The lowest BCUT2D eigenvalue weighted by Crippen LogP contribution is -2.34. The van der Waals surface area contributed by atoms with Gasteiger partial charge in [0.25, 0.3) is 0 Å². The van der Waals surface area contributed by atoms with E-state index in [9.17, 15) is 4.79 Å². The van der Waals surface area contributed by atoms with Crippen molar-refractivity contribution in [1.29, 1.82) is 0 Å². The normalized spacial score (nSPS) is 18.2. The maximum atomic E-state index is 12.1. The summed E-state index contributed by atoms with van der Waals surface area (Å²) in [6.07, 6.45) is 5.23. The van der Waals surface area contributed by atoms with Crippen LogP contribution in [0.5, 0.6) is 0 Å².